The summed E-state index contributed by atoms with van der Waals surface area (Å²) in [6, 6.07) is 0. The van der Waals surface area contributed by atoms with E-state index in [-0.39, 0.29) is 16.6 Å². The van der Waals surface area contributed by atoms with Gasteiger partial charge in [0.25, 0.3) is 0 Å². The number of amides is 1. The first-order valence-electron chi connectivity index (χ1n) is 7.06. The van der Waals surface area contributed by atoms with Gasteiger partial charge in [0.05, 0.1) is 11.8 Å². The largest absolute Gasteiger partial charge is 0.481 e. The van der Waals surface area contributed by atoms with Crippen LogP contribution >= 0.6 is 11.8 Å². The van der Waals surface area contributed by atoms with Gasteiger partial charge in [0.15, 0.2) is 0 Å². The molecule has 1 N–H and O–H groups in total. The highest BCUT2D eigenvalue weighted by Gasteiger charge is 2.40. The number of carboxylic acid groups (broad SMARTS) is 1. The highest BCUT2D eigenvalue weighted by Crippen LogP contribution is 2.35. The molecular formula is C14H23NO3S. The lowest BCUT2D eigenvalue weighted by molar-refractivity contribution is -0.149. The monoisotopic (exact) mass is 285 g/mol. The minimum Gasteiger partial charge on any atom is -0.481 e. The summed E-state index contributed by atoms with van der Waals surface area (Å²) in [5.74, 6) is -0.535. The zero-order chi connectivity index (χ0) is 14.0. The predicted octanol–water partition coefficient (Wildman–Crippen LogP) is 2.23. The number of aliphatic carboxylic acids is 1. The minimum atomic E-state index is -0.805. The van der Waals surface area contributed by atoms with E-state index in [0.29, 0.717) is 6.42 Å². The summed E-state index contributed by atoms with van der Waals surface area (Å²) in [5, 5.41) is 9.19. The molecule has 1 saturated heterocycles. The average Bonchev–Trinajstić information content (AvgIpc) is 2.74. The lowest BCUT2D eigenvalue weighted by atomic mass is 9.94. The first-order valence-corrected chi connectivity index (χ1v) is 8.05. The van der Waals surface area contributed by atoms with Crippen LogP contribution in [0.5, 0.6) is 0 Å². The highest BCUT2D eigenvalue weighted by molar-refractivity contribution is 8.00. The fraction of sp³-hybridized carbons (Fsp3) is 0.857. The van der Waals surface area contributed by atoms with Crippen molar-refractivity contribution in [2.24, 2.45) is 11.8 Å². The molecule has 108 valence electrons. The number of nitrogens with zero attached hydrogens (tertiary/aromatic N) is 1. The van der Waals surface area contributed by atoms with Gasteiger partial charge in [-0.25, -0.2) is 0 Å². The molecule has 2 fully saturated rings. The molecule has 4 nitrogen and oxygen atoms in total. The van der Waals surface area contributed by atoms with Crippen LogP contribution in [0.1, 0.15) is 39.5 Å². The van der Waals surface area contributed by atoms with E-state index < -0.39 is 11.9 Å². The molecule has 1 aliphatic carbocycles. The van der Waals surface area contributed by atoms with Gasteiger partial charge in [-0.2, -0.15) is 11.8 Å². The van der Waals surface area contributed by atoms with Crippen LogP contribution in [0.2, 0.25) is 0 Å². The number of carbonyl (C=O) groups excluding carboxylic acids is 1. The van der Waals surface area contributed by atoms with Crippen LogP contribution in [0.3, 0.4) is 0 Å². The molecule has 1 amide bonds. The molecule has 1 aliphatic heterocycles. The van der Waals surface area contributed by atoms with E-state index in [1.165, 1.54) is 0 Å². The Hall–Kier alpha value is -0.710. The molecular weight excluding hydrogens is 262 g/mol. The van der Waals surface area contributed by atoms with E-state index in [0.717, 1.165) is 38.1 Å². The Morgan fingerprint density at radius 1 is 1.21 bits per heavy atom. The molecule has 19 heavy (non-hydrogen) atoms. The van der Waals surface area contributed by atoms with Gasteiger partial charge in [0.2, 0.25) is 5.91 Å². The second kappa shape index (κ2) is 5.73. The standard InChI is InChI=1S/C14H23NO3S/c1-14(2)6-7-15(8-9-19-14)12(16)10-4-3-5-11(10)13(17)18/h10-11H,3-9H2,1-2H3,(H,17,18). The lowest BCUT2D eigenvalue weighted by Gasteiger charge is -2.26. The molecule has 0 aromatic carbocycles. The molecule has 0 radical (unpaired) electrons. The fourth-order valence-electron chi connectivity index (χ4n) is 3.03. The number of thioether (sulfide) groups is 1. The van der Waals surface area contributed by atoms with Gasteiger partial charge in [0.1, 0.15) is 0 Å². The number of rotatable bonds is 2. The first-order chi connectivity index (χ1) is 8.91. The molecule has 2 atom stereocenters. The number of carboxylic acids is 1. The summed E-state index contributed by atoms with van der Waals surface area (Å²) in [7, 11) is 0. The number of hydrogen-bond acceptors (Lipinski definition) is 3. The van der Waals surface area contributed by atoms with Crippen molar-refractivity contribution in [3.63, 3.8) is 0 Å². The molecule has 0 bridgehead atoms. The molecule has 1 saturated carbocycles. The summed E-state index contributed by atoms with van der Waals surface area (Å²) in [4.78, 5) is 25.6. The quantitative estimate of drug-likeness (QED) is 0.845. The van der Waals surface area contributed by atoms with Gasteiger partial charge < -0.3 is 10.0 Å². The Kier molecular flexibility index (Phi) is 4.43. The number of carbonyl (C=O) groups is 2. The van der Waals surface area contributed by atoms with Gasteiger partial charge in [-0.15, -0.1) is 0 Å². The van der Waals surface area contributed by atoms with Crippen LogP contribution in [0.25, 0.3) is 0 Å². The first kappa shape index (κ1) is 14.7. The Balaban J connectivity index is 2.01. The summed E-state index contributed by atoms with van der Waals surface area (Å²) in [6.45, 7) is 5.94. The number of hydrogen-bond donors (Lipinski definition) is 1. The van der Waals surface area contributed by atoms with Crippen molar-refractivity contribution >= 4 is 23.6 Å². The van der Waals surface area contributed by atoms with E-state index in [1.54, 1.807) is 0 Å². The second-order valence-corrected chi connectivity index (χ2v) is 7.97. The van der Waals surface area contributed by atoms with Crippen molar-refractivity contribution in [2.75, 3.05) is 18.8 Å². The lowest BCUT2D eigenvalue weighted by Crippen LogP contribution is -2.40. The van der Waals surface area contributed by atoms with Crippen molar-refractivity contribution in [3.8, 4) is 0 Å². The van der Waals surface area contributed by atoms with E-state index in [1.807, 2.05) is 16.7 Å². The molecule has 5 heteroatoms. The van der Waals surface area contributed by atoms with Crippen molar-refractivity contribution < 1.29 is 14.7 Å². The zero-order valence-electron chi connectivity index (χ0n) is 11.7. The predicted molar refractivity (Wildman–Crippen MR) is 76.2 cm³/mol. The Morgan fingerprint density at radius 2 is 1.89 bits per heavy atom. The molecule has 0 aromatic rings. The Morgan fingerprint density at radius 3 is 2.58 bits per heavy atom. The second-order valence-electron chi connectivity index (χ2n) is 6.17. The summed E-state index contributed by atoms with van der Waals surface area (Å²) >= 11 is 1.90. The normalized spacial score (nSPS) is 30.9. The van der Waals surface area contributed by atoms with Crippen LogP contribution in [0.4, 0.5) is 0 Å². The van der Waals surface area contributed by atoms with E-state index in [9.17, 15) is 14.7 Å². The summed E-state index contributed by atoms with van der Waals surface area (Å²) < 4.78 is 0.219. The smallest absolute Gasteiger partial charge is 0.307 e. The van der Waals surface area contributed by atoms with Crippen LogP contribution in [0.15, 0.2) is 0 Å². The van der Waals surface area contributed by atoms with Gasteiger partial charge in [0, 0.05) is 23.6 Å². The zero-order valence-corrected chi connectivity index (χ0v) is 12.5. The third-order valence-corrected chi connectivity index (χ3v) is 5.67. The van der Waals surface area contributed by atoms with Crippen molar-refractivity contribution in [1.29, 1.82) is 0 Å². The molecule has 2 rings (SSSR count). The van der Waals surface area contributed by atoms with Crippen molar-refractivity contribution in [2.45, 2.75) is 44.3 Å². The van der Waals surface area contributed by atoms with Gasteiger partial charge in [-0.05, 0) is 19.3 Å². The van der Waals surface area contributed by atoms with Crippen molar-refractivity contribution in [3.05, 3.63) is 0 Å². The van der Waals surface area contributed by atoms with E-state index in [2.05, 4.69) is 13.8 Å². The third kappa shape index (κ3) is 3.44. The van der Waals surface area contributed by atoms with Gasteiger partial charge >= 0.3 is 5.97 Å². The SMILES string of the molecule is CC1(C)CCN(C(=O)C2CCCC2C(=O)O)CCS1. The van der Waals surface area contributed by atoms with Crippen LogP contribution < -0.4 is 0 Å². The van der Waals surface area contributed by atoms with Crippen LogP contribution in [0, 0.1) is 11.8 Å². The molecule has 0 aromatic heterocycles. The topological polar surface area (TPSA) is 57.6 Å². The fourth-order valence-corrected chi connectivity index (χ4v) is 4.13. The van der Waals surface area contributed by atoms with Crippen molar-refractivity contribution in [1.82, 2.24) is 4.90 Å². The van der Waals surface area contributed by atoms with Crippen LogP contribution in [-0.2, 0) is 9.59 Å². The average molecular weight is 285 g/mol. The summed E-state index contributed by atoms with van der Waals surface area (Å²) in [5.41, 5.74) is 0. The Bertz CT molecular complexity index is 370. The molecule has 0 spiro atoms. The minimum absolute atomic E-state index is 0.0724. The van der Waals surface area contributed by atoms with Gasteiger partial charge in [-0.1, -0.05) is 20.3 Å². The van der Waals surface area contributed by atoms with E-state index >= 15 is 0 Å². The van der Waals surface area contributed by atoms with Gasteiger partial charge in [-0.3, -0.25) is 9.59 Å². The Labute approximate surface area is 118 Å². The van der Waals surface area contributed by atoms with E-state index in [4.69, 9.17) is 0 Å². The van der Waals surface area contributed by atoms with Crippen LogP contribution in [-0.4, -0.2) is 45.5 Å². The maximum absolute atomic E-state index is 12.5. The maximum Gasteiger partial charge on any atom is 0.307 e. The molecule has 2 aliphatic rings. The molecule has 2 unspecified atom stereocenters. The maximum atomic E-state index is 12.5. The summed E-state index contributed by atoms with van der Waals surface area (Å²) in [6.07, 6.45) is 3.23. The third-order valence-electron chi connectivity index (χ3n) is 4.30. The molecule has 1 heterocycles. The highest BCUT2D eigenvalue weighted by atomic mass is 32.2.